The second kappa shape index (κ2) is 7.07. The monoisotopic (exact) mass is 338 g/mol. The van der Waals surface area contributed by atoms with Crippen LogP contribution in [0, 0.1) is 0 Å². The van der Waals surface area contributed by atoms with Crippen molar-refractivity contribution in [1.29, 1.82) is 0 Å². The summed E-state index contributed by atoms with van der Waals surface area (Å²) in [7, 11) is 0. The Bertz CT molecular complexity index is 801. The molecule has 130 valence electrons. The Morgan fingerprint density at radius 2 is 1.84 bits per heavy atom. The highest BCUT2D eigenvalue weighted by atomic mass is 16.3. The highest BCUT2D eigenvalue weighted by Gasteiger charge is 2.33. The quantitative estimate of drug-likeness (QED) is 0.753. The first kappa shape index (κ1) is 17.2. The van der Waals surface area contributed by atoms with Crippen molar-refractivity contribution in [1.82, 2.24) is 5.32 Å². The first-order valence-corrected chi connectivity index (χ1v) is 8.43. The lowest BCUT2D eigenvalue weighted by Gasteiger charge is -2.17. The first-order valence-electron chi connectivity index (χ1n) is 8.43. The molecule has 0 bridgehead atoms. The van der Waals surface area contributed by atoms with Crippen LogP contribution in [-0.4, -0.2) is 23.0 Å². The number of nitrogens with one attached hydrogen (secondary N) is 2. The summed E-state index contributed by atoms with van der Waals surface area (Å²) in [5.74, 6) is -1.16. The summed E-state index contributed by atoms with van der Waals surface area (Å²) in [6.07, 6.45) is -0.252. The zero-order chi connectivity index (χ0) is 18.0. The van der Waals surface area contributed by atoms with Gasteiger partial charge in [0.2, 0.25) is 0 Å². The van der Waals surface area contributed by atoms with Crippen LogP contribution in [0.3, 0.4) is 0 Å². The minimum absolute atomic E-state index is 0.329. The molecule has 2 unspecified atom stereocenters. The van der Waals surface area contributed by atoms with Crippen LogP contribution in [-0.2, 0) is 16.0 Å². The summed E-state index contributed by atoms with van der Waals surface area (Å²) < 4.78 is 0. The van der Waals surface area contributed by atoms with Crippen LogP contribution in [0.25, 0.3) is 0 Å². The minimum Gasteiger partial charge on any atom is -0.390 e. The third-order valence-corrected chi connectivity index (χ3v) is 4.51. The Balaban J connectivity index is 1.67. The molecule has 0 spiro atoms. The normalized spacial score (nSPS) is 18.7. The highest BCUT2D eigenvalue weighted by molar-refractivity contribution is 6.39. The molecule has 0 radical (unpaired) electrons. The van der Waals surface area contributed by atoms with Gasteiger partial charge in [-0.05, 0) is 34.7 Å². The van der Waals surface area contributed by atoms with Gasteiger partial charge in [0.1, 0.15) is 0 Å². The van der Waals surface area contributed by atoms with E-state index in [9.17, 15) is 14.7 Å². The molecule has 2 amide bonds. The van der Waals surface area contributed by atoms with Crippen molar-refractivity contribution in [2.24, 2.45) is 0 Å². The Kier molecular flexibility index (Phi) is 4.86. The molecule has 25 heavy (non-hydrogen) atoms. The number of hydrogen-bond donors (Lipinski definition) is 3. The van der Waals surface area contributed by atoms with E-state index in [1.165, 1.54) is 0 Å². The second-order valence-corrected chi connectivity index (χ2v) is 6.66. The Hall–Kier alpha value is -2.66. The predicted octanol–water partition coefficient (Wildman–Crippen LogP) is 2.52. The van der Waals surface area contributed by atoms with E-state index in [0.717, 1.165) is 16.7 Å². The van der Waals surface area contributed by atoms with E-state index in [1.54, 1.807) is 6.07 Å². The van der Waals surface area contributed by atoms with E-state index in [2.05, 4.69) is 24.5 Å². The van der Waals surface area contributed by atoms with Crippen LogP contribution in [0.1, 0.15) is 42.5 Å². The van der Waals surface area contributed by atoms with Crippen LogP contribution >= 0.6 is 0 Å². The molecule has 5 heteroatoms. The molecule has 0 aliphatic heterocycles. The Morgan fingerprint density at radius 1 is 1.08 bits per heavy atom. The van der Waals surface area contributed by atoms with E-state index < -0.39 is 24.0 Å². The van der Waals surface area contributed by atoms with Gasteiger partial charge in [-0.1, -0.05) is 50.2 Å². The summed E-state index contributed by atoms with van der Waals surface area (Å²) in [6.45, 7) is 4.12. The van der Waals surface area contributed by atoms with Gasteiger partial charge < -0.3 is 15.7 Å². The lowest BCUT2D eigenvalue weighted by Crippen LogP contribution is -2.40. The molecule has 2 atom stereocenters. The number of anilines is 1. The van der Waals surface area contributed by atoms with Crippen molar-refractivity contribution in [3.8, 4) is 0 Å². The largest absolute Gasteiger partial charge is 0.390 e. The summed E-state index contributed by atoms with van der Waals surface area (Å²) >= 11 is 0. The van der Waals surface area contributed by atoms with Gasteiger partial charge in [-0.2, -0.15) is 0 Å². The molecule has 3 rings (SSSR count). The molecular formula is C20H22N2O3. The van der Waals surface area contributed by atoms with Crippen molar-refractivity contribution in [3.05, 3.63) is 65.2 Å². The summed E-state index contributed by atoms with van der Waals surface area (Å²) in [5.41, 5.74) is 3.51. The molecule has 1 aliphatic carbocycles. The predicted molar refractivity (Wildman–Crippen MR) is 96.2 cm³/mol. The van der Waals surface area contributed by atoms with Crippen molar-refractivity contribution in [3.63, 3.8) is 0 Å². The highest BCUT2D eigenvalue weighted by Crippen LogP contribution is 2.31. The van der Waals surface area contributed by atoms with Gasteiger partial charge >= 0.3 is 11.8 Å². The zero-order valence-electron chi connectivity index (χ0n) is 14.3. The van der Waals surface area contributed by atoms with E-state index in [1.807, 2.05) is 42.5 Å². The number of carbonyl (C=O) groups excluding carboxylic acids is 2. The van der Waals surface area contributed by atoms with Crippen LogP contribution < -0.4 is 10.6 Å². The third kappa shape index (κ3) is 3.72. The smallest absolute Gasteiger partial charge is 0.313 e. The van der Waals surface area contributed by atoms with Crippen molar-refractivity contribution < 1.29 is 14.7 Å². The molecule has 0 fully saturated rings. The molecule has 0 heterocycles. The van der Waals surface area contributed by atoms with Gasteiger partial charge in [-0.15, -0.1) is 0 Å². The molecule has 2 aromatic carbocycles. The summed E-state index contributed by atoms with van der Waals surface area (Å²) in [6, 6.07) is 14.4. The lowest BCUT2D eigenvalue weighted by atomic mass is 10.0. The first-order chi connectivity index (χ1) is 12.0. The number of benzene rings is 2. The third-order valence-electron chi connectivity index (χ3n) is 4.51. The SMILES string of the molecule is CC(C)c1cccc(NC(=O)C(=O)NC2c3ccccc3CC2O)c1. The molecule has 1 aliphatic rings. The van der Waals surface area contributed by atoms with E-state index in [-0.39, 0.29) is 0 Å². The summed E-state index contributed by atoms with van der Waals surface area (Å²) in [4.78, 5) is 24.4. The molecule has 2 aromatic rings. The Morgan fingerprint density at radius 3 is 2.60 bits per heavy atom. The van der Waals surface area contributed by atoms with Crippen LogP contribution in [0.15, 0.2) is 48.5 Å². The van der Waals surface area contributed by atoms with E-state index in [4.69, 9.17) is 0 Å². The van der Waals surface area contributed by atoms with Crippen molar-refractivity contribution in [2.45, 2.75) is 38.3 Å². The van der Waals surface area contributed by atoms with Crippen LogP contribution in [0.5, 0.6) is 0 Å². The number of rotatable bonds is 3. The second-order valence-electron chi connectivity index (χ2n) is 6.66. The average Bonchev–Trinajstić information content (AvgIpc) is 2.90. The standard InChI is InChI=1S/C20H22N2O3/c1-12(2)13-7-5-8-15(10-13)21-19(24)20(25)22-18-16-9-4-3-6-14(16)11-17(18)23/h3-10,12,17-18,23H,11H2,1-2H3,(H,21,24)(H,22,25). The topological polar surface area (TPSA) is 78.4 Å². The molecule has 3 N–H and O–H groups in total. The van der Waals surface area contributed by atoms with Crippen molar-refractivity contribution >= 4 is 17.5 Å². The van der Waals surface area contributed by atoms with Crippen LogP contribution in [0.2, 0.25) is 0 Å². The zero-order valence-corrected chi connectivity index (χ0v) is 14.3. The van der Waals surface area contributed by atoms with Gasteiger partial charge in [0.15, 0.2) is 0 Å². The number of carbonyl (C=O) groups is 2. The molecule has 0 saturated carbocycles. The molecule has 0 aromatic heterocycles. The van der Waals surface area contributed by atoms with E-state index >= 15 is 0 Å². The fourth-order valence-electron chi connectivity index (χ4n) is 3.12. The van der Waals surface area contributed by atoms with Crippen molar-refractivity contribution in [2.75, 3.05) is 5.32 Å². The number of hydrogen-bond acceptors (Lipinski definition) is 3. The average molecular weight is 338 g/mol. The number of fused-ring (bicyclic) bond motifs is 1. The molecule has 0 saturated heterocycles. The van der Waals surface area contributed by atoms with Crippen LogP contribution in [0.4, 0.5) is 5.69 Å². The fraction of sp³-hybridized carbons (Fsp3) is 0.300. The molecule has 5 nitrogen and oxygen atoms in total. The number of aliphatic hydroxyl groups excluding tert-OH is 1. The van der Waals surface area contributed by atoms with Gasteiger partial charge in [0, 0.05) is 12.1 Å². The summed E-state index contributed by atoms with van der Waals surface area (Å²) in [5, 5.41) is 15.4. The van der Waals surface area contributed by atoms with Gasteiger partial charge in [-0.25, -0.2) is 0 Å². The lowest BCUT2D eigenvalue weighted by molar-refractivity contribution is -0.137. The minimum atomic E-state index is -0.754. The number of amides is 2. The molecular weight excluding hydrogens is 316 g/mol. The number of aliphatic hydroxyl groups is 1. The van der Waals surface area contributed by atoms with Gasteiger partial charge in [0.05, 0.1) is 12.1 Å². The maximum Gasteiger partial charge on any atom is 0.313 e. The Labute approximate surface area is 147 Å². The maximum absolute atomic E-state index is 12.2. The maximum atomic E-state index is 12.2. The fourth-order valence-corrected chi connectivity index (χ4v) is 3.12. The van der Waals surface area contributed by atoms with E-state index in [0.29, 0.717) is 18.0 Å². The van der Waals surface area contributed by atoms with Gasteiger partial charge in [-0.3, -0.25) is 9.59 Å². The van der Waals surface area contributed by atoms with Gasteiger partial charge in [0.25, 0.3) is 0 Å².